The Morgan fingerprint density at radius 2 is 2.08 bits per heavy atom. The van der Waals surface area contributed by atoms with Crippen LogP contribution in [0.5, 0.6) is 5.75 Å². The number of carbonyl (C=O) groups excluding carboxylic acids is 1. The number of carbonyl (C=O) groups is 1. The second-order valence-electron chi connectivity index (χ2n) is 6.33. The predicted molar refractivity (Wildman–Crippen MR) is 93.6 cm³/mol. The molecular weight excluding hydrogens is 302 g/mol. The molecule has 2 rings (SSSR count). The zero-order chi connectivity index (χ0) is 17.4. The van der Waals surface area contributed by atoms with Crippen LogP contribution in [-0.2, 0) is 4.79 Å². The minimum absolute atomic E-state index is 0.0886. The van der Waals surface area contributed by atoms with Gasteiger partial charge >= 0.3 is 0 Å². The fourth-order valence-electron chi connectivity index (χ4n) is 3.20. The minimum Gasteiger partial charge on any atom is -0.497 e. The van der Waals surface area contributed by atoms with Gasteiger partial charge in [-0.1, -0.05) is 25.0 Å². The standard InChI is InChI=1S/C19H27N3O2/c1-21(13-6-12-20)19(23)15-22-14-5-3-4-7-18(22)16-8-10-17(24-2)11-9-16/h8-11,18H,3-7,13-15H2,1-2H3. The van der Waals surface area contributed by atoms with Crippen LogP contribution >= 0.6 is 0 Å². The number of nitriles is 1. The lowest BCUT2D eigenvalue weighted by atomic mass is 10.0. The molecule has 0 radical (unpaired) electrons. The van der Waals surface area contributed by atoms with Crippen molar-refractivity contribution in [3.05, 3.63) is 29.8 Å². The van der Waals surface area contributed by atoms with E-state index in [0.29, 0.717) is 19.5 Å². The summed E-state index contributed by atoms with van der Waals surface area (Å²) < 4.78 is 5.24. The summed E-state index contributed by atoms with van der Waals surface area (Å²) in [6, 6.07) is 10.5. The molecule has 0 saturated carbocycles. The summed E-state index contributed by atoms with van der Waals surface area (Å²) in [5.74, 6) is 0.942. The monoisotopic (exact) mass is 329 g/mol. The highest BCUT2D eigenvalue weighted by molar-refractivity contribution is 5.78. The quantitative estimate of drug-likeness (QED) is 0.805. The fraction of sp³-hybridized carbons (Fsp3) is 0.579. The van der Waals surface area contributed by atoms with Gasteiger partial charge < -0.3 is 9.64 Å². The van der Waals surface area contributed by atoms with E-state index in [-0.39, 0.29) is 11.9 Å². The molecule has 1 saturated heterocycles. The third-order valence-electron chi connectivity index (χ3n) is 4.69. The molecule has 1 aromatic carbocycles. The van der Waals surface area contributed by atoms with Gasteiger partial charge in [-0.05, 0) is 37.1 Å². The molecule has 1 fully saturated rings. The van der Waals surface area contributed by atoms with Gasteiger partial charge in [0.1, 0.15) is 5.75 Å². The number of hydrogen-bond acceptors (Lipinski definition) is 4. The van der Waals surface area contributed by atoms with Gasteiger partial charge in [-0.25, -0.2) is 0 Å². The molecule has 0 bridgehead atoms. The first kappa shape index (κ1) is 18.3. The molecule has 0 aliphatic carbocycles. The summed E-state index contributed by atoms with van der Waals surface area (Å²) in [6.07, 6.45) is 4.97. The van der Waals surface area contributed by atoms with Gasteiger partial charge in [0.05, 0.1) is 26.1 Å². The number of likely N-dealkylation sites (tertiary alicyclic amines) is 1. The highest BCUT2D eigenvalue weighted by Gasteiger charge is 2.25. The third kappa shape index (κ3) is 4.97. The van der Waals surface area contributed by atoms with Crippen LogP contribution in [-0.4, -0.2) is 49.5 Å². The van der Waals surface area contributed by atoms with Crippen molar-refractivity contribution in [3.63, 3.8) is 0 Å². The van der Waals surface area contributed by atoms with Crippen LogP contribution in [0.3, 0.4) is 0 Å². The first-order chi connectivity index (χ1) is 11.7. The van der Waals surface area contributed by atoms with E-state index >= 15 is 0 Å². The van der Waals surface area contributed by atoms with Crippen LogP contribution in [0.25, 0.3) is 0 Å². The Bertz CT molecular complexity index is 565. The van der Waals surface area contributed by atoms with E-state index < -0.39 is 0 Å². The number of amides is 1. The Morgan fingerprint density at radius 3 is 2.75 bits per heavy atom. The maximum Gasteiger partial charge on any atom is 0.236 e. The Labute approximate surface area is 144 Å². The van der Waals surface area contributed by atoms with Gasteiger partial charge in [-0.15, -0.1) is 0 Å². The Balaban J connectivity index is 2.08. The van der Waals surface area contributed by atoms with Crippen molar-refractivity contribution in [2.24, 2.45) is 0 Å². The molecule has 1 heterocycles. The predicted octanol–water partition coefficient (Wildman–Crippen LogP) is 2.98. The van der Waals surface area contributed by atoms with Crippen molar-refractivity contribution in [3.8, 4) is 11.8 Å². The minimum atomic E-state index is 0.0886. The molecular formula is C19H27N3O2. The average Bonchev–Trinajstić information content (AvgIpc) is 2.85. The van der Waals surface area contributed by atoms with Crippen LogP contribution in [0.4, 0.5) is 0 Å². The number of methoxy groups -OCH3 is 1. The Kier molecular flexibility index (Phi) is 7.07. The molecule has 0 N–H and O–H groups in total. The summed E-state index contributed by atoms with van der Waals surface area (Å²) >= 11 is 0. The smallest absolute Gasteiger partial charge is 0.236 e. The lowest BCUT2D eigenvalue weighted by Crippen LogP contribution is -2.40. The largest absolute Gasteiger partial charge is 0.497 e. The molecule has 5 heteroatoms. The van der Waals surface area contributed by atoms with E-state index in [4.69, 9.17) is 10.00 Å². The summed E-state index contributed by atoms with van der Waals surface area (Å²) in [5, 5.41) is 8.68. The molecule has 1 atom stereocenters. The van der Waals surface area contributed by atoms with Gasteiger partial charge in [-0.3, -0.25) is 9.69 Å². The van der Waals surface area contributed by atoms with Gasteiger partial charge in [0, 0.05) is 19.6 Å². The van der Waals surface area contributed by atoms with Crippen LogP contribution in [0.15, 0.2) is 24.3 Å². The molecule has 1 unspecified atom stereocenters. The van der Waals surface area contributed by atoms with E-state index in [1.807, 2.05) is 12.1 Å². The topological polar surface area (TPSA) is 56.6 Å². The molecule has 0 aromatic heterocycles. The van der Waals surface area contributed by atoms with Crippen molar-refractivity contribution in [2.45, 2.75) is 38.1 Å². The number of nitrogens with zero attached hydrogens (tertiary/aromatic N) is 3. The first-order valence-electron chi connectivity index (χ1n) is 8.64. The fourth-order valence-corrected chi connectivity index (χ4v) is 3.20. The van der Waals surface area contributed by atoms with E-state index in [2.05, 4.69) is 23.1 Å². The maximum absolute atomic E-state index is 12.5. The molecule has 130 valence electrons. The average molecular weight is 329 g/mol. The molecule has 1 aromatic rings. The van der Waals surface area contributed by atoms with Crippen molar-refractivity contribution in [2.75, 3.05) is 33.8 Å². The molecule has 1 aliphatic heterocycles. The van der Waals surface area contributed by atoms with Crippen LogP contribution in [0.2, 0.25) is 0 Å². The summed E-state index contributed by atoms with van der Waals surface area (Å²) in [5.41, 5.74) is 1.24. The first-order valence-corrected chi connectivity index (χ1v) is 8.64. The van der Waals surface area contributed by atoms with Crippen LogP contribution in [0, 0.1) is 11.3 Å². The third-order valence-corrected chi connectivity index (χ3v) is 4.69. The van der Waals surface area contributed by atoms with Crippen LogP contribution in [0.1, 0.15) is 43.7 Å². The Morgan fingerprint density at radius 1 is 1.33 bits per heavy atom. The van der Waals surface area contributed by atoms with E-state index in [1.54, 1.807) is 19.1 Å². The summed E-state index contributed by atoms with van der Waals surface area (Å²) in [7, 11) is 3.45. The normalized spacial score (nSPS) is 18.5. The lowest BCUT2D eigenvalue weighted by molar-refractivity contribution is -0.131. The summed E-state index contributed by atoms with van der Waals surface area (Å²) in [4.78, 5) is 16.4. The SMILES string of the molecule is COc1ccc(C2CCCCCN2CC(=O)N(C)CCC#N)cc1. The molecule has 0 spiro atoms. The van der Waals surface area contributed by atoms with Crippen molar-refractivity contribution < 1.29 is 9.53 Å². The van der Waals surface area contributed by atoms with Crippen LogP contribution < -0.4 is 4.74 Å². The highest BCUT2D eigenvalue weighted by atomic mass is 16.5. The van der Waals surface area contributed by atoms with Gasteiger partial charge in [0.15, 0.2) is 0 Å². The van der Waals surface area contributed by atoms with Gasteiger partial charge in [0.2, 0.25) is 5.91 Å². The van der Waals surface area contributed by atoms with Crippen molar-refractivity contribution in [1.29, 1.82) is 5.26 Å². The zero-order valence-corrected chi connectivity index (χ0v) is 14.7. The number of hydrogen-bond donors (Lipinski definition) is 0. The Hall–Kier alpha value is -2.06. The molecule has 1 aliphatic rings. The van der Waals surface area contributed by atoms with Gasteiger partial charge in [0.25, 0.3) is 0 Å². The summed E-state index contributed by atoms with van der Waals surface area (Å²) in [6.45, 7) is 1.85. The lowest BCUT2D eigenvalue weighted by Gasteiger charge is -2.31. The number of ether oxygens (including phenoxy) is 1. The number of rotatable bonds is 6. The highest BCUT2D eigenvalue weighted by Crippen LogP contribution is 2.31. The zero-order valence-electron chi connectivity index (χ0n) is 14.7. The number of benzene rings is 1. The molecule has 1 amide bonds. The van der Waals surface area contributed by atoms with Crippen molar-refractivity contribution in [1.82, 2.24) is 9.80 Å². The second kappa shape index (κ2) is 9.29. The molecule has 24 heavy (non-hydrogen) atoms. The van der Waals surface area contributed by atoms with E-state index in [1.165, 1.54) is 18.4 Å². The number of likely N-dealkylation sites (N-methyl/N-ethyl adjacent to an activating group) is 1. The maximum atomic E-state index is 12.5. The van der Waals surface area contributed by atoms with E-state index in [0.717, 1.165) is 25.1 Å². The van der Waals surface area contributed by atoms with E-state index in [9.17, 15) is 4.79 Å². The second-order valence-corrected chi connectivity index (χ2v) is 6.33. The molecule has 5 nitrogen and oxygen atoms in total. The van der Waals surface area contributed by atoms with Gasteiger partial charge in [-0.2, -0.15) is 5.26 Å². The van der Waals surface area contributed by atoms with Crippen molar-refractivity contribution >= 4 is 5.91 Å².